The Morgan fingerprint density at radius 1 is 1.23 bits per heavy atom. The van der Waals surface area contributed by atoms with Gasteiger partial charge in [-0.1, -0.05) is 18.2 Å². The lowest BCUT2D eigenvalue weighted by Crippen LogP contribution is -2.41. The van der Waals surface area contributed by atoms with Crippen LogP contribution in [-0.2, 0) is 9.53 Å². The summed E-state index contributed by atoms with van der Waals surface area (Å²) >= 11 is 0. The number of nitro benzene ring substituents is 1. The first-order chi connectivity index (χ1) is 12.5. The number of esters is 1. The molecule has 3 rings (SSSR count). The van der Waals surface area contributed by atoms with E-state index in [9.17, 15) is 19.7 Å². The number of ketones is 1. The molecule has 1 aliphatic heterocycles. The SMILES string of the molecule is COC(=O)[C@H]1C=C(c2cccc([N+](=O)[O-])c2)[C@H](C(=O)c2ccncc2)N1. The molecule has 0 fully saturated rings. The van der Waals surface area contributed by atoms with Crippen LogP contribution in [0, 0.1) is 10.1 Å². The fourth-order valence-electron chi connectivity index (χ4n) is 2.82. The molecule has 0 radical (unpaired) electrons. The molecule has 8 nitrogen and oxygen atoms in total. The number of Topliss-reactive ketones (excluding diaryl/α,β-unsaturated/α-hetero) is 1. The Morgan fingerprint density at radius 2 is 1.96 bits per heavy atom. The van der Waals surface area contributed by atoms with Gasteiger partial charge in [-0.05, 0) is 23.3 Å². The lowest BCUT2D eigenvalue weighted by molar-refractivity contribution is -0.384. The molecule has 26 heavy (non-hydrogen) atoms. The number of methoxy groups -OCH3 is 1. The van der Waals surface area contributed by atoms with Crippen molar-refractivity contribution in [2.75, 3.05) is 7.11 Å². The van der Waals surface area contributed by atoms with E-state index >= 15 is 0 Å². The number of aromatic nitrogens is 1. The van der Waals surface area contributed by atoms with E-state index in [4.69, 9.17) is 4.74 Å². The van der Waals surface area contributed by atoms with Gasteiger partial charge in [0, 0.05) is 30.1 Å². The molecule has 0 amide bonds. The quantitative estimate of drug-likeness (QED) is 0.377. The molecule has 1 aromatic carbocycles. The van der Waals surface area contributed by atoms with Gasteiger partial charge < -0.3 is 4.74 Å². The first-order valence-corrected chi connectivity index (χ1v) is 7.76. The Bertz CT molecular complexity index is 895. The Morgan fingerprint density at radius 3 is 2.62 bits per heavy atom. The summed E-state index contributed by atoms with van der Waals surface area (Å²) in [6, 6.07) is 7.43. The van der Waals surface area contributed by atoms with Crippen LogP contribution in [0.4, 0.5) is 5.69 Å². The van der Waals surface area contributed by atoms with Gasteiger partial charge in [-0.2, -0.15) is 0 Å². The highest BCUT2D eigenvalue weighted by Gasteiger charge is 2.36. The maximum atomic E-state index is 12.9. The standard InChI is InChI=1S/C18H15N3O5/c1-26-18(23)15-10-14(12-3-2-4-13(9-12)21(24)25)16(20-15)17(22)11-5-7-19-8-6-11/h2-10,15-16,20H,1H3/t15-,16-/m1/s1. The zero-order valence-corrected chi connectivity index (χ0v) is 13.8. The third kappa shape index (κ3) is 3.35. The van der Waals surface area contributed by atoms with E-state index < -0.39 is 23.0 Å². The van der Waals surface area contributed by atoms with Crippen LogP contribution in [0.3, 0.4) is 0 Å². The monoisotopic (exact) mass is 353 g/mol. The van der Waals surface area contributed by atoms with Crippen molar-refractivity contribution in [1.29, 1.82) is 0 Å². The number of pyridine rings is 1. The molecule has 132 valence electrons. The molecule has 0 aliphatic carbocycles. The second-order valence-electron chi connectivity index (χ2n) is 5.63. The second kappa shape index (κ2) is 7.24. The first kappa shape index (κ1) is 17.4. The summed E-state index contributed by atoms with van der Waals surface area (Å²) in [7, 11) is 1.25. The first-order valence-electron chi connectivity index (χ1n) is 7.76. The van der Waals surface area contributed by atoms with Crippen molar-refractivity contribution in [3.8, 4) is 0 Å². The molecule has 0 unspecified atom stereocenters. The minimum atomic E-state index is -0.830. The maximum absolute atomic E-state index is 12.9. The molecule has 2 aromatic rings. The van der Waals surface area contributed by atoms with E-state index in [0.29, 0.717) is 16.7 Å². The number of rotatable bonds is 5. The number of nitrogens with one attached hydrogen (secondary N) is 1. The summed E-state index contributed by atoms with van der Waals surface area (Å²) in [6.07, 6.45) is 4.56. The van der Waals surface area contributed by atoms with E-state index in [0.717, 1.165) is 0 Å². The molecular formula is C18H15N3O5. The fourth-order valence-corrected chi connectivity index (χ4v) is 2.82. The summed E-state index contributed by atoms with van der Waals surface area (Å²) in [6.45, 7) is 0. The predicted octanol–water partition coefficient (Wildman–Crippen LogP) is 1.77. The van der Waals surface area contributed by atoms with Crippen molar-refractivity contribution in [3.05, 3.63) is 76.1 Å². The summed E-state index contributed by atoms with van der Waals surface area (Å²) in [5.41, 5.74) is 1.30. The number of nitrogens with zero attached hydrogens (tertiary/aromatic N) is 2. The summed E-state index contributed by atoms with van der Waals surface area (Å²) < 4.78 is 4.74. The van der Waals surface area contributed by atoms with E-state index in [-0.39, 0.29) is 11.5 Å². The Hall–Kier alpha value is -3.39. The molecule has 1 aromatic heterocycles. The van der Waals surface area contributed by atoms with Crippen LogP contribution in [0.2, 0.25) is 0 Å². The molecule has 8 heteroatoms. The van der Waals surface area contributed by atoms with Gasteiger partial charge in [-0.25, -0.2) is 0 Å². The van der Waals surface area contributed by atoms with Crippen molar-refractivity contribution in [1.82, 2.24) is 10.3 Å². The molecule has 0 saturated heterocycles. The van der Waals surface area contributed by atoms with Crippen molar-refractivity contribution >= 4 is 23.0 Å². The molecule has 1 N–H and O–H groups in total. The molecule has 2 atom stereocenters. The zero-order chi connectivity index (χ0) is 18.7. The molecule has 2 heterocycles. The van der Waals surface area contributed by atoms with Gasteiger partial charge in [0.05, 0.1) is 18.1 Å². The van der Waals surface area contributed by atoms with Crippen LogP contribution < -0.4 is 5.32 Å². The summed E-state index contributed by atoms with van der Waals surface area (Å²) in [5, 5.41) is 14.0. The minimum absolute atomic E-state index is 0.0972. The van der Waals surface area contributed by atoms with Gasteiger partial charge in [0.2, 0.25) is 0 Å². The number of hydrogen-bond acceptors (Lipinski definition) is 7. The van der Waals surface area contributed by atoms with E-state index in [1.165, 1.54) is 37.7 Å². The molecule has 1 aliphatic rings. The average Bonchev–Trinajstić information content (AvgIpc) is 3.13. The molecule has 0 bridgehead atoms. The fraction of sp³-hybridized carbons (Fsp3) is 0.167. The molecular weight excluding hydrogens is 338 g/mol. The van der Waals surface area contributed by atoms with Gasteiger partial charge in [-0.15, -0.1) is 0 Å². The largest absolute Gasteiger partial charge is 0.468 e. The normalized spacial score (nSPS) is 18.9. The van der Waals surface area contributed by atoms with Gasteiger partial charge in [0.1, 0.15) is 6.04 Å². The lowest BCUT2D eigenvalue weighted by Gasteiger charge is -2.16. The van der Waals surface area contributed by atoms with Crippen LogP contribution in [-0.4, -0.2) is 40.9 Å². The van der Waals surface area contributed by atoms with Crippen LogP contribution >= 0.6 is 0 Å². The van der Waals surface area contributed by atoms with Crippen LogP contribution in [0.15, 0.2) is 54.9 Å². The molecule has 0 spiro atoms. The van der Waals surface area contributed by atoms with Crippen molar-refractivity contribution in [2.24, 2.45) is 0 Å². The number of ether oxygens (including phenoxy) is 1. The Labute approximate surface area is 148 Å². The number of benzene rings is 1. The van der Waals surface area contributed by atoms with Crippen LogP contribution in [0.25, 0.3) is 5.57 Å². The third-order valence-electron chi connectivity index (χ3n) is 4.08. The van der Waals surface area contributed by atoms with Crippen LogP contribution in [0.1, 0.15) is 15.9 Å². The zero-order valence-electron chi connectivity index (χ0n) is 13.8. The highest BCUT2D eigenvalue weighted by atomic mass is 16.6. The third-order valence-corrected chi connectivity index (χ3v) is 4.08. The van der Waals surface area contributed by atoms with E-state index in [1.807, 2.05) is 0 Å². The number of carbonyl (C=O) groups is 2. The number of non-ortho nitro benzene ring substituents is 1. The van der Waals surface area contributed by atoms with Crippen LogP contribution in [0.5, 0.6) is 0 Å². The average molecular weight is 353 g/mol. The summed E-state index contributed by atoms with van der Waals surface area (Å²) in [5.74, 6) is -0.811. The van der Waals surface area contributed by atoms with E-state index in [2.05, 4.69) is 10.3 Å². The van der Waals surface area contributed by atoms with E-state index in [1.54, 1.807) is 24.3 Å². The number of nitro groups is 1. The second-order valence-corrected chi connectivity index (χ2v) is 5.63. The van der Waals surface area contributed by atoms with Gasteiger partial charge in [0.15, 0.2) is 5.78 Å². The number of hydrogen-bond donors (Lipinski definition) is 1. The molecule has 0 saturated carbocycles. The summed E-state index contributed by atoms with van der Waals surface area (Å²) in [4.78, 5) is 39.2. The smallest absolute Gasteiger partial charge is 0.326 e. The van der Waals surface area contributed by atoms with Crippen molar-refractivity contribution in [2.45, 2.75) is 12.1 Å². The highest BCUT2D eigenvalue weighted by molar-refractivity contribution is 6.09. The lowest BCUT2D eigenvalue weighted by atomic mass is 9.94. The Balaban J connectivity index is 2.02. The number of carbonyl (C=O) groups excluding carboxylic acids is 2. The minimum Gasteiger partial charge on any atom is -0.468 e. The topological polar surface area (TPSA) is 111 Å². The highest BCUT2D eigenvalue weighted by Crippen LogP contribution is 2.29. The van der Waals surface area contributed by atoms with Gasteiger partial charge in [-0.3, -0.25) is 30.0 Å². The van der Waals surface area contributed by atoms with Gasteiger partial charge in [0.25, 0.3) is 5.69 Å². The Kier molecular flexibility index (Phi) is 4.85. The maximum Gasteiger partial charge on any atom is 0.326 e. The van der Waals surface area contributed by atoms with Gasteiger partial charge >= 0.3 is 5.97 Å². The van der Waals surface area contributed by atoms with Crippen molar-refractivity contribution < 1.29 is 19.2 Å². The predicted molar refractivity (Wildman–Crippen MR) is 92.4 cm³/mol. The van der Waals surface area contributed by atoms with Crippen molar-refractivity contribution in [3.63, 3.8) is 0 Å².